The lowest BCUT2D eigenvalue weighted by Crippen LogP contribution is -2.29. The summed E-state index contributed by atoms with van der Waals surface area (Å²) < 4.78 is 2.22. The van der Waals surface area contributed by atoms with Crippen LogP contribution in [0.5, 0.6) is 0 Å². The highest BCUT2D eigenvalue weighted by Gasteiger charge is 2.06. The number of hydrogen-bond donors (Lipinski definition) is 2. The van der Waals surface area contributed by atoms with Crippen LogP contribution in [0.2, 0.25) is 0 Å². The smallest absolute Gasteiger partial charge is 0.328 e. The largest absolute Gasteiger partial charge is 0.398 e. The van der Waals surface area contributed by atoms with Crippen LogP contribution in [-0.4, -0.2) is 9.55 Å². The summed E-state index contributed by atoms with van der Waals surface area (Å²) in [5, 5.41) is 0. The molecule has 88 valence electrons. The van der Waals surface area contributed by atoms with Gasteiger partial charge in [-0.2, -0.15) is 0 Å². The van der Waals surface area contributed by atoms with Gasteiger partial charge in [0, 0.05) is 28.0 Å². The van der Waals surface area contributed by atoms with Gasteiger partial charge in [0.05, 0.1) is 6.54 Å². The second kappa shape index (κ2) is 4.58. The minimum atomic E-state index is -0.451. The minimum Gasteiger partial charge on any atom is -0.398 e. The van der Waals surface area contributed by atoms with Crippen LogP contribution in [0.1, 0.15) is 5.56 Å². The summed E-state index contributed by atoms with van der Waals surface area (Å²) in [6.45, 7) is 0.308. The number of aromatic nitrogens is 2. The molecule has 5 nitrogen and oxygen atoms in total. The average molecular weight is 296 g/mol. The normalized spacial score (nSPS) is 10.4. The van der Waals surface area contributed by atoms with Crippen LogP contribution in [0.15, 0.2) is 44.5 Å². The van der Waals surface area contributed by atoms with Gasteiger partial charge in [0.25, 0.3) is 5.56 Å². The van der Waals surface area contributed by atoms with E-state index in [1.54, 1.807) is 6.07 Å². The molecular weight excluding hydrogens is 286 g/mol. The molecule has 3 N–H and O–H groups in total. The van der Waals surface area contributed by atoms with Gasteiger partial charge in [0.2, 0.25) is 0 Å². The Kier molecular flexibility index (Phi) is 3.14. The van der Waals surface area contributed by atoms with Crippen molar-refractivity contribution in [3.05, 3.63) is 61.3 Å². The Morgan fingerprint density at radius 1 is 1.29 bits per heavy atom. The van der Waals surface area contributed by atoms with Crippen LogP contribution in [0, 0.1) is 0 Å². The quantitative estimate of drug-likeness (QED) is 0.809. The summed E-state index contributed by atoms with van der Waals surface area (Å²) in [5.74, 6) is 0. The molecule has 0 aliphatic rings. The Bertz CT molecular complexity index is 640. The third-order valence-electron chi connectivity index (χ3n) is 2.38. The standard InChI is InChI=1S/C11H10BrN3O2/c12-8-2-1-3-9(13)7(8)6-15-5-4-10(16)14-11(15)17/h1-5H,6,13H2,(H,14,16,17). The number of nitrogens with zero attached hydrogens (tertiary/aromatic N) is 1. The van der Waals surface area contributed by atoms with Crippen LogP contribution in [-0.2, 0) is 6.54 Å². The van der Waals surface area contributed by atoms with E-state index in [0.29, 0.717) is 12.2 Å². The summed E-state index contributed by atoms with van der Waals surface area (Å²) >= 11 is 3.38. The highest BCUT2D eigenvalue weighted by Crippen LogP contribution is 2.22. The Hall–Kier alpha value is -1.82. The van der Waals surface area contributed by atoms with Gasteiger partial charge in [0.15, 0.2) is 0 Å². The molecule has 0 saturated carbocycles. The van der Waals surface area contributed by atoms with E-state index in [-0.39, 0.29) is 0 Å². The molecule has 0 saturated heterocycles. The lowest BCUT2D eigenvalue weighted by atomic mass is 10.2. The molecule has 0 fully saturated rings. The van der Waals surface area contributed by atoms with Gasteiger partial charge in [-0.15, -0.1) is 0 Å². The summed E-state index contributed by atoms with van der Waals surface area (Å²) in [6.07, 6.45) is 1.44. The molecule has 1 heterocycles. The van der Waals surface area contributed by atoms with Gasteiger partial charge in [-0.25, -0.2) is 4.79 Å². The maximum Gasteiger partial charge on any atom is 0.328 e. The van der Waals surface area contributed by atoms with Crippen molar-refractivity contribution >= 4 is 21.6 Å². The Balaban J connectivity index is 2.45. The number of halogens is 1. The van der Waals surface area contributed by atoms with Gasteiger partial charge >= 0.3 is 5.69 Å². The van der Waals surface area contributed by atoms with Crippen LogP contribution in [0.3, 0.4) is 0 Å². The molecule has 1 aromatic carbocycles. The maximum atomic E-state index is 11.5. The molecule has 0 aliphatic heterocycles. The Morgan fingerprint density at radius 3 is 2.71 bits per heavy atom. The van der Waals surface area contributed by atoms with Crippen molar-refractivity contribution in [2.45, 2.75) is 6.54 Å². The summed E-state index contributed by atoms with van der Waals surface area (Å²) in [4.78, 5) is 24.6. The lowest BCUT2D eigenvalue weighted by molar-refractivity contribution is 0.720. The highest BCUT2D eigenvalue weighted by atomic mass is 79.9. The van der Waals surface area contributed by atoms with Gasteiger partial charge in [0.1, 0.15) is 0 Å². The number of aromatic amines is 1. The Labute approximate surface area is 105 Å². The number of anilines is 1. The van der Waals surface area contributed by atoms with Gasteiger partial charge < -0.3 is 5.73 Å². The zero-order valence-corrected chi connectivity index (χ0v) is 10.4. The number of nitrogens with two attached hydrogens (primary N) is 1. The first-order valence-corrected chi connectivity index (χ1v) is 5.70. The summed E-state index contributed by atoms with van der Waals surface area (Å²) in [6, 6.07) is 6.73. The van der Waals surface area contributed by atoms with Crippen LogP contribution >= 0.6 is 15.9 Å². The zero-order chi connectivity index (χ0) is 12.4. The molecule has 2 aromatic rings. The number of hydrogen-bond acceptors (Lipinski definition) is 3. The molecule has 0 radical (unpaired) electrons. The van der Waals surface area contributed by atoms with E-state index in [2.05, 4.69) is 20.9 Å². The van der Waals surface area contributed by atoms with E-state index in [1.807, 2.05) is 12.1 Å². The predicted molar refractivity (Wildman–Crippen MR) is 69.0 cm³/mol. The van der Waals surface area contributed by atoms with E-state index < -0.39 is 11.2 Å². The number of nitrogens with one attached hydrogen (secondary N) is 1. The fourth-order valence-corrected chi connectivity index (χ4v) is 1.99. The van der Waals surface area contributed by atoms with Gasteiger partial charge in [-0.3, -0.25) is 14.3 Å². The van der Waals surface area contributed by atoms with E-state index in [0.717, 1.165) is 10.0 Å². The maximum absolute atomic E-state index is 11.5. The number of rotatable bonds is 2. The molecule has 0 aliphatic carbocycles. The van der Waals surface area contributed by atoms with E-state index >= 15 is 0 Å². The molecule has 2 rings (SSSR count). The fourth-order valence-electron chi connectivity index (χ4n) is 1.48. The molecule has 0 spiro atoms. The number of H-pyrrole nitrogens is 1. The van der Waals surface area contributed by atoms with Crippen molar-refractivity contribution in [3.63, 3.8) is 0 Å². The molecule has 17 heavy (non-hydrogen) atoms. The van der Waals surface area contributed by atoms with Crippen molar-refractivity contribution in [3.8, 4) is 0 Å². The number of nitrogen functional groups attached to an aromatic ring is 1. The van der Waals surface area contributed by atoms with Crippen LogP contribution < -0.4 is 17.0 Å². The second-order valence-corrected chi connectivity index (χ2v) is 4.40. The van der Waals surface area contributed by atoms with Crippen molar-refractivity contribution in [1.29, 1.82) is 0 Å². The topological polar surface area (TPSA) is 80.9 Å². The van der Waals surface area contributed by atoms with Crippen molar-refractivity contribution < 1.29 is 0 Å². The van der Waals surface area contributed by atoms with Gasteiger partial charge in [-0.05, 0) is 12.1 Å². The minimum absolute atomic E-state index is 0.308. The molecule has 6 heteroatoms. The fraction of sp³-hybridized carbons (Fsp3) is 0.0909. The summed E-state index contributed by atoms with van der Waals surface area (Å²) in [7, 11) is 0. The van der Waals surface area contributed by atoms with Crippen LogP contribution in [0.4, 0.5) is 5.69 Å². The van der Waals surface area contributed by atoms with Crippen LogP contribution in [0.25, 0.3) is 0 Å². The molecular formula is C11H10BrN3O2. The highest BCUT2D eigenvalue weighted by molar-refractivity contribution is 9.10. The van der Waals surface area contributed by atoms with Crippen molar-refractivity contribution in [1.82, 2.24) is 9.55 Å². The number of benzene rings is 1. The first-order chi connectivity index (χ1) is 8.08. The van der Waals surface area contributed by atoms with E-state index in [4.69, 9.17) is 5.73 Å². The molecule has 0 atom stereocenters. The van der Waals surface area contributed by atoms with Gasteiger partial charge in [-0.1, -0.05) is 22.0 Å². The molecule has 1 aromatic heterocycles. The first kappa shape index (κ1) is 11.7. The molecule has 0 bridgehead atoms. The molecule has 0 unspecified atom stereocenters. The molecule has 0 amide bonds. The SMILES string of the molecule is Nc1cccc(Br)c1Cn1ccc(=O)[nH]c1=O. The average Bonchev–Trinajstić information content (AvgIpc) is 2.26. The van der Waals surface area contributed by atoms with Crippen molar-refractivity contribution in [2.75, 3.05) is 5.73 Å². The lowest BCUT2D eigenvalue weighted by Gasteiger charge is -2.09. The second-order valence-electron chi connectivity index (χ2n) is 3.55. The summed E-state index contributed by atoms with van der Waals surface area (Å²) in [5.41, 5.74) is 6.37. The monoisotopic (exact) mass is 295 g/mol. The van der Waals surface area contributed by atoms with E-state index in [1.165, 1.54) is 16.8 Å². The Morgan fingerprint density at radius 2 is 2.06 bits per heavy atom. The predicted octanol–water partition coefficient (Wildman–Crippen LogP) is 0.930. The zero-order valence-electron chi connectivity index (χ0n) is 8.81. The first-order valence-electron chi connectivity index (χ1n) is 4.90. The third-order valence-corrected chi connectivity index (χ3v) is 3.12. The third kappa shape index (κ3) is 2.47. The van der Waals surface area contributed by atoms with Crippen molar-refractivity contribution in [2.24, 2.45) is 0 Å². The van der Waals surface area contributed by atoms with E-state index in [9.17, 15) is 9.59 Å².